The van der Waals surface area contributed by atoms with E-state index in [1.807, 2.05) is 11.5 Å². The van der Waals surface area contributed by atoms with Gasteiger partial charge in [0.2, 0.25) is 0 Å². The van der Waals surface area contributed by atoms with Crippen LogP contribution in [0.1, 0.15) is 25.8 Å². The fraction of sp³-hybridized carbons (Fsp3) is 0.615. The van der Waals surface area contributed by atoms with Crippen LogP contribution in [-0.2, 0) is 4.74 Å². The largest absolute Gasteiger partial charge is 0.394 e. The Kier molecular flexibility index (Phi) is 2.99. The summed E-state index contributed by atoms with van der Waals surface area (Å²) < 4.78 is 7.89. The molecule has 1 aliphatic heterocycles. The van der Waals surface area contributed by atoms with Gasteiger partial charge >= 0.3 is 0 Å². The Morgan fingerprint density at radius 2 is 2.05 bits per heavy atom. The van der Waals surface area contributed by atoms with Crippen molar-refractivity contribution in [1.82, 2.24) is 19.5 Å². The summed E-state index contributed by atoms with van der Waals surface area (Å²) in [5, 5.41) is 9.35. The molecule has 0 radical (unpaired) electrons. The monoisotopic (exact) mass is 262 g/mol. The van der Waals surface area contributed by atoms with E-state index in [-0.39, 0.29) is 18.9 Å². The quantitative estimate of drug-likeness (QED) is 0.883. The molecule has 2 aromatic heterocycles. The van der Waals surface area contributed by atoms with Gasteiger partial charge in [0.1, 0.15) is 18.1 Å². The lowest BCUT2D eigenvalue weighted by molar-refractivity contribution is -0.0336. The molecule has 0 aliphatic carbocycles. The number of hydrogen-bond acceptors (Lipinski definition) is 5. The molecule has 102 valence electrons. The van der Waals surface area contributed by atoms with Crippen molar-refractivity contribution < 1.29 is 9.84 Å². The van der Waals surface area contributed by atoms with Crippen LogP contribution in [0.5, 0.6) is 0 Å². The van der Waals surface area contributed by atoms with Crippen LogP contribution >= 0.6 is 0 Å². The third kappa shape index (κ3) is 1.82. The second kappa shape index (κ2) is 4.54. The van der Waals surface area contributed by atoms with Crippen LogP contribution < -0.4 is 0 Å². The van der Waals surface area contributed by atoms with E-state index in [2.05, 4.69) is 28.8 Å². The van der Waals surface area contributed by atoms with Gasteiger partial charge in [-0.15, -0.1) is 0 Å². The standard InChI is InChI=1S/C13H18N4O2/c1-7-8(2)13(19-10(7)4-18)17-6-16-11-9(3)14-5-15-12(11)17/h5-8,10,13,18H,4H2,1-3H3/t7?,8?,10-,13-/m1/s1. The van der Waals surface area contributed by atoms with Crippen LogP contribution in [0, 0.1) is 18.8 Å². The summed E-state index contributed by atoms with van der Waals surface area (Å²) in [5.41, 5.74) is 2.45. The number of aliphatic hydroxyl groups excluding tert-OH is 1. The highest BCUT2D eigenvalue weighted by atomic mass is 16.5. The van der Waals surface area contributed by atoms with Crippen LogP contribution in [0.15, 0.2) is 12.7 Å². The van der Waals surface area contributed by atoms with Crippen molar-refractivity contribution in [2.24, 2.45) is 11.8 Å². The van der Waals surface area contributed by atoms with E-state index in [1.165, 1.54) is 0 Å². The van der Waals surface area contributed by atoms with Crippen molar-refractivity contribution in [1.29, 1.82) is 0 Å². The van der Waals surface area contributed by atoms with Gasteiger partial charge in [-0.1, -0.05) is 13.8 Å². The van der Waals surface area contributed by atoms with E-state index in [0.29, 0.717) is 11.8 Å². The molecule has 19 heavy (non-hydrogen) atoms. The first-order chi connectivity index (χ1) is 9.13. The number of fused-ring (bicyclic) bond motifs is 1. The van der Waals surface area contributed by atoms with Crippen molar-refractivity contribution in [3.05, 3.63) is 18.3 Å². The van der Waals surface area contributed by atoms with E-state index in [9.17, 15) is 5.11 Å². The zero-order valence-electron chi connectivity index (χ0n) is 11.3. The lowest BCUT2D eigenvalue weighted by Gasteiger charge is -2.17. The Labute approximate surface area is 111 Å². The fourth-order valence-electron chi connectivity index (χ4n) is 2.71. The first-order valence-electron chi connectivity index (χ1n) is 6.54. The molecule has 1 saturated heterocycles. The topological polar surface area (TPSA) is 73.1 Å². The molecule has 3 heterocycles. The van der Waals surface area contributed by atoms with E-state index in [0.717, 1.165) is 16.9 Å². The van der Waals surface area contributed by atoms with Crippen LogP contribution in [-0.4, -0.2) is 37.3 Å². The summed E-state index contributed by atoms with van der Waals surface area (Å²) >= 11 is 0. The van der Waals surface area contributed by atoms with Crippen molar-refractivity contribution >= 4 is 11.2 Å². The van der Waals surface area contributed by atoms with Crippen LogP contribution in [0.3, 0.4) is 0 Å². The molecule has 6 heteroatoms. The molecule has 0 aromatic carbocycles. The lowest BCUT2D eigenvalue weighted by Crippen LogP contribution is -2.19. The van der Waals surface area contributed by atoms with Crippen LogP contribution in [0.4, 0.5) is 0 Å². The highest BCUT2D eigenvalue weighted by Gasteiger charge is 2.40. The van der Waals surface area contributed by atoms with Gasteiger partial charge in [-0.3, -0.25) is 4.57 Å². The Morgan fingerprint density at radius 3 is 2.74 bits per heavy atom. The van der Waals surface area contributed by atoms with Crippen molar-refractivity contribution in [2.75, 3.05) is 6.61 Å². The van der Waals surface area contributed by atoms with Crippen molar-refractivity contribution in [3.63, 3.8) is 0 Å². The van der Waals surface area contributed by atoms with Gasteiger partial charge in [0, 0.05) is 5.92 Å². The third-order valence-corrected chi connectivity index (χ3v) is 4.18. The number of rotatable bonds is 2. The van der Waals surface area contributed by atoms with Crippen LogP contribution in [0.2, 0.25) is 0 Å². The highest BCUT2D eigenvalue weighted by molar-refractivity contribution is 5.72. The minimum Gasteiger partial charge on any atom is -0.394 e. The average Bonchev–Trinajstić information content (AvgIpc) is 2.94. The molecule has 2 aromatic rings. The number of nitrogens with zero attached hydrogens (tertiary/aromatic N) is 4. The maximum atomic E-state index is 9.35. The number of imidazole rings is 1. The Morgan fingerprint density at radius 1 is 1.26 bits per heavy atom. The summed E-state index contributed by atoms with van der Waals surface area (Å²) in [7, 11) is 0. The molecule has 0 amide bonds. The fourth-order valence-corrected chi connectivity index (χ4v) is 2.71. The molecular weight excluding hydrogens is 244 g/mol. The maximum absolute atomic E-state index is 9.35. The van der Waals surface area contributed by atoms with Gasteiger partial charge in [0.25, 0.3) is 0 Å². The second-order valence-electron chi connectivity index (χ2n) is 5.25. The number of aryl methyl sites for hydroxylation is 1. The van der Waals surface area contributed by atoms with Crippen molar-refractivity contribution in [2.45, 2.75) is 33.1 Å². The number of ether oxygens (including phenoxy) is 1. The first-order valence-corrected chi connectivity index (χ1v) is 6.54. The Balaban J connectivity index is 2.04. The molecule has 1 N–H and O–H groups in total. The normalized spacial score (nSPS) is 31.2. The predicted molar refractivity (Wildman–Crippen MR) is 69.4 cm³/mol. The molecule has 0 spiro atoms. The van der Waals surface area contributed by atoms with E-state index >= 15 is 0 Å². The number of aliphatic hydroxyl groups is 1. The molecule has 6 nitrogen and oxygen atoms in total. The lowest BCUT2D eigenvalue weighted by atomic mass is 9.93. The third-order valence-electron chi connectivity index (χ3n) is 4.18. The van der Waals surface area contributed by atoms with Gasteiger partial charge in [-0.2, -0.15) is 0 Å². The van der Waals surface area contributed by atoms with E-state index in [1.54, 1.807) is 12.7 Å². The summed E-state index contributed by atoms with van der Waals surface area (Å²) in [6.07, 6.45) is 3.04. The first kappa shape index (κ1) is 12.5. The Hall–Kier alpha value is -1.53. The second-order valence-corrected chi connectivity index (χ2v) is 5.25. The number of hydrogen-bond donors (Lipinski definition) is 1. The summed E-state index contributed by atoms with van der Waals surface area (Å²) in [4.78, 5) is 12.8. The predicted octanol–water partition coefficient (Wildman–Crippen LogP) is 1.30. The smallest absolute Gasteiger partial charge is 0.165 e. The van der Waals surface area contributed by atoms with Gasteiger partial charge in [0.15, 0.2) is 5.65 Å². The maximum Gasteiger partial charge on any atom is 0.165 e. The SMILES string of the molecule is Cc1ncnc2c1ncn2[C@@H]1O[C@H](CO)C(C)C1C. The molecule has 1 aliphatic rings. The van der Waals surface area contributed by atoms with Gasteiger partial charge < -0.3 is 9.84 Å². The summed E-state index contributed by atoms with van der Waals surface area (Å²) in [5.74, 6) is 0.597. The zero-order valence-corrected chi connectivity index (χ0v) is 11.3. The highest BCUT2D eigenvalue weighted by Crippen LogP contribution is 2.39. The zero-order chi connectivity index (χ0) is 13.6. The number of aromatic nitrogens is 4. The van der Waals surface area contributed by atoms with Gasteiger partial charge in [-0.25, -0.2) is 15.0 Å². The molecule has 0 bridgehead atoms. The summed E-state index contributed by atoms with van der Waals surface area (Å²) in [6, 6.07) is 0. The Bertz CT molecular complexity index is 597. The van der Waals surface area contributed by atoms with E-state index in [4.69, 9.17) is 4.74 Å². The van der Waals surface area contributed by atoms with Gasteiger partial charge in [-0.05, 0) is 12.8 Å². The minimum absolute atomic E-state index is 0.0443. The molecule has 3 rings (SSSR count). The molecule has 0 saturated carbocycles. The molecule has 2 unspecified atom stereocenters. The van der Waals surface area contributed by atoms with Crippen molar-refractivity contribution in [3.8, 4) is 0 Å². The van der Waals surface area contributed by atoms with Gasteiger partial charge in [0.05, 0.1) is 24.7 Å². The average molecular weight is 262 g/mol. The van der Waals surface area contributed by atoms with E-state index < -0.39 is 0 Å². The molecular formula is C13H18N4O2. The van der Waals surface area contributed by atoms with Crippen LogP contribution in [0.25, 0.3) is 11.2 Å². The minimum atomic E-state index is -0.133. The summed E-state index contributed by atoms with van der Waals surface area (Å²) in [6.45, 7) is 6.19. The molecule has 4 atom stereocenters. The molecule has 1 fully saturated rings.